The first kappa shape index (κ1) is 12.0. The summed E-state index contributed by atoms with van der Waals surface area (Å²) in [7, 11) is 4.22. The number of hydrogen-bond donors (Lipinski definition) is 2. The van der Waals surface area contributed by atoms with E-state index in [-0.39, 0.29) is 5.54 Å². The van der Waals surface area contributed by atoms with E-state index in [1.165, 1.54) is 25.9 Å². The lowest BCUT2D eigenvalue weighted by Gasteiger charge is -2.37. The van der Waals surface area contributed by atoms with Gasteiger partial charge in [-0.05, 0) is 47.3 Å². The van der Waals surface area contributed by atoms with Gasteiger partial charge in [-0.25, -0.2) is 0 Å². The molecule has 0 aliphatic carbocycles. The van der Waals surface area contributed by atoms with Gasteiger partial charge >= 0.3 is 0 Å². The molecule has 0 aromatic rings. The van der Waals surface area contributed by atoms with Crippen LogP contribution in [0, 0.1) is 0 Å². The summed E-state index contributed by atoms with van der Waals surface area (Å²) in [4.78, 5) is 2.41. The quantitative estimate of drug-likeness (QED) is 0.697. The Morgan fingerprint density at radius 2 is 2.14 bits per heavy atom. The van der Waals surface area contributed by atoms with E-state index in [1.807, 2.05) is 7.05 Å². The van der Waals surface area contributed by atoms with Crippen molar-refractivity contribution in [1.82, 2.24) is 15.5 Å². The van der Waals surface area contributed by atoms with Crippen molar-refractivity contribution in [2.24, 2.45) is 0 Å². The van der Waals surface area contributed by atoms with Gasteiger partial charge in [-0.15, -0.1) is 0 Å². The molecule has 0 saturated carbocycles. The van der Waals surface area contributed by atoms with Gasteiger partial charge < -0.3 is 15.5 Å². The molecule has 3 heteroatoms. The molecule has 1 atom stereocenters. The molecule has 1 heterocycles. The summed E-state index contributed by atoms with van der Waals surface area (Å²) in [6.07, 6.45) is 2.64. The van der Waals surface area contributed by atoms with Gasteiger partial charge in [0.1, 0.15) is 0 Å². The van der Waals surface area contributed by atoms with Crippen LogP contribution in [0.4, 0.5) is 0 Å². The van der Waals surface area contributed by atoms with Crippen molar-refractivity contribution < 1.29 is 0 Å². The molecule has 2 N–H and O–H groups in total. The summed E-state index contributed by atoms with van der Waals surface area (Å²) in [6, 6.07) is 0.664. The maximum absolute atomic E-state index is 3.72. The normalized spacial score (nSPS) is 25.3. The molecule has 1 fully saturated rings. The summed E-state index contributed by atoms with van der Waals surface area (Å²) in [5.74, 6) is 0. The Balaban J connectivity index is 2.34. The van der Waals surface area contributed by atoms with E-state index in [9.17, 15) is 0 Å². The molecule has 0 aromatic heterocycles. The van der Waals surface area contributed by atoms with Crippen LogP contribution in [0.2, 0.25) is 0 Å². The standard InChI is InChI=1S/C11H25N3/c1-11(2,9-12-3)13-10-6-5-7-14(4)8-10/h10,12-13H,5-9H2,1-4H3. The minimum atomic E-state index is 0.206. The zero-order valence-electron chi connectivity index (χ0n) is 10.1. The molecule has 0 spiro atoms. The van der Waals surface area contributed by atoms with Gasteiger partial charge in [-0.2, -0.15) is 0 Å². The predicted molar refractivity (Wildman–Crippen MR) is 61.7 cm³/mol. The van der Waals surface area contributed by atoms with Crippen molar-refractivity contribution in [3.05, 3.63) is 0 Å². The molecule has 1 unspecified atom stereocenters. The topological polar surface area (TPSA) is 27.3 Å². The van der Waals surface area contributed by atoms with Crippen molar-refractivity contribution in [1.29, 1.82) is 0 Å². The number of likely N-dealkylation sites (N-methyl/N-ethyl adjacent to an activating group) is 2. The third-order valence-corrected chi connectivity index (χ3v) is 2.84. The van der Waals surface area contributed by atoms with Crippen molar-refractivity contribution in [2.45, 2.75) is 38.3 Å². The van der Waals surface area contributed by atoms with E-state index < -0.39 is 0 Å². The highest BCUT2D eigenvalue weighted by Crippen LogP contribution is 2.11. The average molecular weight is 199 g/mol. The van der Waals surface area contributed by atoms with E-state index >= 15 is 0 Å². The van der Waals surface area contributed by atoms with E-state index in [0.29, 0.717) is 6.04 Å². The fourth-order valence-corrected chi connectivity index (χ4v) is 2.33. The predicted octanol–water partition coefficient (Wildman–Crippen LogP) is 0.668. The fourth-order valence-electron chi connectivity index (χ4n) is 2.33. The van der Waals surface area contributed by atoms with E-state index in [0.717, 1.165) is 6.54 Å². The van der Waals surface area contributed by atoms with Crippen LogP contribution in [-0.4, -0.2) is 50.2 Å². The molecule has 0 bridgehead atoms. The first-order chi connectivity index (χ1) is 6.53. The first-order valence-corrected chi connectivity index (χ1v) is 5.64. The van der Waals surface area contributed by atoms with Gasteiger partial charge in [-0.3, -0.25) is 0 Å². The highest BCUT2D eigenvalue weighted by atomic mass is 15.2. The Labute approximate surface area is 88.2 Å². The first-order valence-electron chi connectivity index (χ1n) is 5.64. The Hall–Kier alpha value is -0.120. The van der Waals surface area contributed by atoms with Crippen molar-refractivity contribution >= 4 is 0 Å². The third kappa shape index (κ3) is 3.95. The highest BCUT2D eigenvalue weighted by Gasteiger charge is 2.24. The van der Waals surface area contributed by atoms with Crippen molar-refractivity contribution in [3.8, 4) is 0 Å². The van der Waals surface area contributed by atoms with Gasteiger partial charge in [0.2, 0.25) is 0 Å². The van der Waals surface area contributed by atoms with Crippen LogP contribution in [0.15, 0.2) is 0 Å². The molecule has 1 saturated heterocycles. The van der Waals surface area contributed by atoms with Crippen molar-refractivity contribution in [3.63, 3.8) is 0 Å². The molecule has 3 nitrogen and oxygen atoms in total. The molecule has 0 amide bonds. The summed E-state index contributed by atoms with van der Waals surface area (Å²) in [5, 5.41) is 6.96. The molecule has 0 radical (unpaired) electrons. The van der Waals surface area contributed by atoms with Gasteiger partial charge in [0.25, 0.3) is 0 Å². The van der Waals surface area contributed by atoms with Gasteiger partial charge in [0.15, 0.2) is 0 Å². The fraction of sp³-hybridized carbons (Fsp3) is 1.00. The largest absolute Gasteiger partial charge is 0.318 e. The Kier molecular flexibility index (Phi) is 4.35. The second-order valence-electron chi connectivity index (χ2n) is 5.16. The smallest absolute Gasteiger partial charge is 0.0252 e. The monoisotopic (exact) mass is 199 g/mol. The highest BCUT2D eigenvalue weighted by molar-refractivity contribution is 4.86. The maximum atomic E-state index is 3.72. The van der Waals surface area contributed by atoms with E-state index in [4.69, 9.17) is 0 Å². The Morgan fingerprint density at radius 1 is 1.43 bits per heavy atom. The third-order valence-electron chi connectivity index (χ3n) is 2.84. The van der Waals surface area contributed by atoms with Crippen LogP contribution in [-0.2, 0) is 0 Å². The maximum Gasteiger partial charge on any atom is 0.0252 e. The van der Waals surface area contributed by atoms with E-state index in [1.54, 1.807) is 0 Å². The van der Waals surface area contributed by atoms with Crippen LogP contribution < -0.4 is 10.6 Å². The molecular formula is C11H25N3. The second-order valence-corrected chi connectivity index (χ2v) is 5.16. The second kappa shape index (κ2) is 5.10. The van der Waals surface area contributed by atoms with Crippen LogP contribution >= 0.6 is 0 Å². The lowest BCUT2D eigenvalue weighted by molar-refractivity contribution is 0.195. The number of hydrogen-bond acceptors (Lipinski definition) is 3. The Morgan fingerprint density at radius 3 is 2.71 bits per heavy atom. The summed E-state index contributed by atoms with van der Waals surface area (Å²) >= 11 is 0. The number of nitrogens with zero attached hydrogens (tertiary/aromatic N) is 1. The minimum absolute atomic E-state index is 0.206. The Bertz CT molecular complexity index is 168. The number of piperidine rings is 1. The van der Waals surface area contributed by atoms with Gasteiger partial charge in [0, 0.05) is 24.7 Å². The van der Waals surface area contributed by atoms with E-state index in [2.05, 4.69) is 36.4 Å². The summed E-state index contributed by atoms with van der Waals surface area (Å²) < 4.78 is 0. The zero-order valence-corrected chi connectivity index (χ0v) is 10.1. The van der Waals surface area contributed by atoms with Crippen LogP contribution in [0.25, 0.3) is 0 Å². The average Bonchev–Trinajstić information content (AvgIpc) is 2.02. The number of rotatable bonds is 4. The molecule has 1 aliphatic rings. The SMILES string of the molecule is CNCC(C)(C)NC1CCCN(C)C1. The lowest BCUT2D eigenvalue weighted by atomic mass is 9.99. The lowest BCUT2D eigenvalue weighted by Crippen LogP contribution is -2.55. The number of nitrogens with one attached hydrogen (secondary N) is 2. The summed E-state index contributed by atoms with van der Waals surface area (Å²) in [6.45, 7) is 7.99. The molecule has 14 heavy (non-hydrogen) atoms. The molecule has 84 valence electrons. The van der Waals surface area contributed by atoms with Crippen molar-refractivity contribution in [2.75, 3.05) is 33.7 Å². The van der Waals surface area contributed by atoms with Gasteiger partial charge in [-0.1, -0.05) is 0 Å². The number of likely N-dealkylation sites (tertiary alicyclic amines) is 1. The zero-order chi connectivity index (χ0) is 10.6. The molecular weight excluding hydrogens is 174 g/mol. The molecule has 0 aromatic carbocycles. The summed E-state index contributed by atoms with van der Waals surface area (Å²) in [5.41, 5.74) is 0.206. The van der Waals surface area contributed by atoms with Crippen LogP contribution in [0.3, 0.4) is 0 Å². The minimum Gasteiger partial charge on any atom is -0.318 e. The molecule has 1 rings (SSSR count). The molecule has 1 aliphatic heterocycles. The van der Waals surface area contributed by atoms with Gasteiger partial charge in [0.05, 0.1) is 0 Å². The van der Waals surface area contributed by atoms with Crippen LogP contribution in [0.1, 0.15) is 26.7 Å². The van der Waals surface area contributed by atoms with Crippen LogP contribution in [0.5, 0.6) is 0 Å².